The Morgan fingerprint density at radius 1 is 1.26 bits per heavy atom. The van der Waals surface area contributed by atoms with Gasteiger partial charge in [0.2, 0.25) is 0 Å². The van der Waals surface area contributed by atoms with Crippen LogP contribution in [-0.4, -0.2) is 35.7 Å². The van der Waals surface area contributed by atoms with Crippen LogP contribution in [0.25, 0.3) is 0 Å². The molecular formula is C15H25FN2O. The van der Waals surface area contributed by atoms with Crippen molar-refractivity contribution in [3.63, 3.8) is 0 Å². The fourth-order valence-corrected chi connectivity index (χ4v) is 2.44. The molecule has 0 aliphatic rings. The predicted octanol–water partition coefficient (Wildman–Crippen LogP) is 2.31. The van der Waals surface area contributed by atoms with Crippen LogP contribution in [0.3, 0.4) is 0 Å². The van der Waals surface area contributed by atoms with Gasteiger partial charge in [-0.25, -0.2) is 4.39 Å². The van der Waals surface area contributed by atoms with Crippen LogP contribution >= 0.6 is 0 Å². The lowest BCUT2D eigenvalue weighted by atomic mass is 9.95. The molecule has 2 atom stereocenters. The number of aliphatic hydroxyl groups is 1. The largest absolute Gasteiger partial charge is 0.395 e. The van der Waals surface area contributed by atoms with Crippen LogP contribution in [0.15, 0.2) is 24.3 Å². The second kappa shape index (κ2) is 8.25. The van der Waals surface area contributed by atoms with Gasteiger partial charge in [-0.05, 0) is 25.5 Å². The summed E-state index contributed by atoms with van der Waals surface area (Å²) >= 11 is 0. The number of nitrogens with two attached hydrogens (primary N) is 1. The molecule has 0 aliphatic heterocycles. The van der Waals surface area contributed by atoms with Crippen molar-refractivity contribution in [2.45, 2.75) is 38.8 Å². The van der Waals surface area contributed by atoms with Crippen molar-refractivity contribution < 1.29 is 9.50 Å². The molecule has 0 bridgehead atoms. The fraction of sp³-hybridized carbons (Fsp3) is 0.600. The third-order valence-corrected chi connectivity index (χ3v) is 3.39. The smallest absolute Gasteiger partial charge is 0.128 e. The zero-order valence-electron chi connectivity index (χ0n) is 11.8. The van der Waals surface area contributed by atoms with Gasteiger partial charge in [0.25, 0.3) is 0 Å². The van der Waals surface area contributed by atoms with E-state index in [1.165, 1.54) is 6.07 Å². The SMILES string of the molecule is CCCN(CCO)C(c1ccccc1F)C(N)CC. The summed E-state index contributed by atoms with van der Waals surface area (Å²) in [6.07, 6.45) is 1.71. The topological polar surface area (TPSA) is 49.5 Å². The zero-order valence-corrected chi connectivity index (χ0v) is 11.8. The average molecular weight is 268 g/mol. The molecule has 108 valence electrons. The second-order valence-corrected chi connectivity index (χ2v) is 4.80. The highest BCUT2D eigenvalue weighted by molar-refractivity contribution is 5.23. The first-order valence-corrected chi connectivity index (χ1v) is 7.00. The van der Waals surface area contributed by atoms with Gasteiger partial charge in [0, 0.05) is 18.2 Å². The molecule has 3 N–H and O–H groups in total. The van der Waals surface area contributed by atoms with Crippen molar-refractivity contribution in [2.24, 2.45) is 5.73 Å². The molecule has 0 fully saturated rings. The van der Waals surface area contributed by atoms with Gasteiger partial charge in [0.05, 0.1) is 12.6 Å². The van der Waals surface area contributed by atoms with Crippen molar-refractivity contribution in [1.29, 1.82) is 0 Å². The summed E-state index contributed by atoms with van der Waals surface area (Å²) in [5, 5.41) is 9.21. The lowest BCUT2D eigenvalue weighted by molar-refractivity contribution is 0.130. The molecule has 4 heteroatoms. The highest BCUT2D eigenvalue weighted by Gasteiger charge is 2.27. The molecule has 0 aliphatic carbocycles. The molecule has 1 aromatic carbocycles. The van der Waals surface area contributed by atoms with Gasteiger partial charge in [-0.2, -0.15) is 0 Å². The number of benzene rings is 1. The quantitative estimate of drug-likeness (QED) is 0.760. The standard InChI is InChI=1S/C15H25FN2O/c1-3-9-18(10-11-19)15(14(17)4-2)12-7-5-6-8-13(12)16/h5-8,14-15,19H,3-4,9-11,17H2,1-2H3. The Kier molecular flexibility index (Phi) is 6.99. The number of halogens is 1. The Morgan fingerprint density at radius 2 is 1.95 bits per heavy atom. The Hall–Kier alpha value is -0.970. The highest BCUT2D eigenvalue weighted by Crippen LogP contribution is 2.27. The van der Waals surface area contributed by atoms with Crippen LogP contribution in [0.4, 0.5) is 4.39 Å². The molecule has 1 rings (SSSR count). The molecule has 0 heterocycles. The Morgan fingerprint density at radius 3 is 2.47 bits per heavy atom. The number of hydrogen-bond acceptors (Lipinski definition) is 3. The van der Waals surface area contributed by atoms with Crippen molar-refractivity contribution in [3.8, 4) is 0 Å². The lowest BCUT2D eigenvalue weighted by Crippen LogP contribution is -2.43. The summed E-state index contributed by atoms with van der Waals surface area (Å²) in [5.41, 5.74) is 6.81. The zero-order chi connectivity index (χ0) is 14.3. The van der Waals surface area contributed by atoms with Crippen molar-refractivity contribution in [1.82, 2.24) is 4.90 Å². The van der Waals surface area contributed by atoms with E-state index in [-0.39, 0.29) is 24.5 Å². The lowest BCUT2D eigenvalue weighted by Gasteiger charge is -2.35. The summed E-state index contributed by atoms with van der Waals surface area (Å²) < 4.78 is 14.0. The minimum absolute atomic E-state index is 0.0569. The van der Waals surface area contributed by atoms with E-state index in [9.17, 15) is 9.50 Å². The third-order valence-electron chi connectivity index (χ3n) is 3.39. The van der Waals surface area contributed by atoms with E-state index in [0.717, 1.165) is 19.4 Å². The van der Waals surface area contributed by atoms with E-state index in [0.29, 0.717) is 12.1 Å². The van der Waals surface area contributed by atoms with E-state index in [1.807, 2.05) is 13.0 Å². The number of nitrogens with zero attached hydrogens (tertiary/aromatic N) is 1. The summed E-state index contributed by atoms with van der Waals surface area (Å²) in [6.45, 7) is 5.44. The van der Waals surface area contributed by atoms with Gasteiger partial charge in [0.15, 0.2) is 0 Å². The molecule has 3 nitrogen and oxygen atoms in total. The maximum atomic E-state index is 14.0. The summed E-state index contributed by atoms with van der Waals surface area (Å²) in [7, 11) is 0. The maximum absolute atomic E-state index is 14.0. The summed E-state index contributed by atoms with van der Waals surface area (Å²) in [5.74, 6) is -0.226. The van der Waals surface area contributed by atoms with Crippen molar-refractivity contribution >= 4 is 0 Å². The molecular weight excluding hydrogens is 243 g/mol. The van der Waals surface area contributed by atoms with E-state index in [4.69, 9.17) is 5.73 Å². The van der Waals surface area contributed by atoms with Gasteiger partial charge >= 0.3 is 0 Å². The van der Waals surface area contributed by atoms with Crippen LogP contribution in [0.2, 0.25) is 0 Å². The fourth-order valence-electron chi connectivity index (χ4n) is 2.44. The summed E-state index contributed by atoms with van der Waals surface area (Å²) in [4.78, 5) is 2.08. The molecule has 19 heavy (non-hydrogen) atoms. The van der Waals surface area contributed by atoms with E-state index in [1.54, 1.807) is 12.1 Å². The first-order chi connectivity index (χ1) is 9.15. The first-order valence-electron chi connectivity index (χ1n) is 7.00. The minimum Gasteiger partial charge on any atom is -0.395 e. The third kappa shape index (κ3) is 4.27. The molecule has 0 saturated heterocycles. The Balaban J connectivity index is 3.08. The predicted molar refractivity (Wildman–Crippen MR) is 76.4 cm³/mol. The first kappa shape index (κ1) is 16.1. The molecule has 0 saturated carbocycles. The maximum Gasteiger partial charge on any atom is 0.128 e. The van der Waals surface area contributed by atoms with E-state index in [2.05, 4.69) is 11.8 Å². The van der Waals surface area contributed by atoms with Crippen LogP contribution in [0, 0.1) is 5.82 Å². The Labute approximate surface area is 115 Å². The number of rotatable bonds is 8. The molecule has 2 unspecified atom stereocenters. The number of hydrogen-bond donors (Lipinski definition) is 2. The van der Waals surface area contributed by atoms with Crippen molar-refractivity contribution in [3.05, 3.63) is 35.6 Å². The van der Waals surface area contributed by atoms with Gasteiger partial charge in [-0.15, -0.1) is 0 Å². The van der Waals surface area contributed by atoms with E-state index < -0.39 is 0 Å². The normalized spacial score (nSPS) is 14.6. The Bertz CT molecular complexity index is 367. The van der Waals surface area contributed by atoms with Gasteiger partial charge in [-0.3, -0.25) is 4.90 Å². The van der Waals surface area contributed by atoms with Gasteiger partial charge < -0.3 is 10.8 Å². The molecule has 0 amide bonds. The highest BCUT2D eigenvalue weighted by atomic mass is 19.1. The monoisotopic (exact) mass is 268 g/mol. The van der Waals surface area contributed by atoms with Crippen molar-refractivity contribution in [2.75, 3.05) is 19.7 Å². The van der Waals surface area contributed by atoms with Crippen LogP contribution in [0.5, 0.6) is 0 Å². The molecule has 0 radical (unpaired) electrons. The van der Waals surface area contributed by atoms with Crippen LogP contribution in [0.1, 0.15) is 38.3 Å². The molecule has 0 aromatic heterocycles. The molecule has 0 spiro atoms. The average Bonchev–Trinajstić information content (AvgIpc) is 2.41. The summed E-state index contributed by atoms with van der Waals surface area (Å²) in [6, 6.07) is 6.44. The van der Waals surface area contributed by atoms with Gasteiger partial charge in [0.1, 0.15) is 5.82 Å². The number of aliphatic hydroxyl groups excluding tert-OH is 1. The minimum atomic E-state index is -0.226. The van der Waals surface area contributed by atoms with Crippen LogP contribution < -0.4 is 5.73 Å². The van der Waals surface area contributed by atoms with Crippen LogP contribution in [-0.2, 0) is 0 Å². The second-order valence-electron chi connectivity index (χ2n) is 4.80. The van der Waals surface area contributed by atoms with E-state index >= 15 is 0 Å². The molecule has 1 aromatic rings. The van der Waals surface area contributed by atoms with Gasteiger partial charge in [-0.1, -0.05) is 32.0 Å².